The number of fused-ring (bicyclic) bond motifs is 1. The van der Waals surface area contributed by atoms with E-state index < -0.39 is 5.69 Å². The summed E-state index contributed by atoms with van der Waals surface area (Å²) < 4.78 is 0. The van der Waals surface area contributed by atoms with Crippen LogP contribution in [0.15, 0.2) is 4.79 Å². The number of rotatable bonds is 1. The number of carbonyl (C=O) groups is 1. The van der Waals surface area contributed by atoms with Gasteiger partial charge in [-0.25, -0.2) is 4.79 Å². The fourth-order valence-corrected chi connectivity index (χ4v) is 2.81. The minimum absolute atomic E-state index is 0.114. The molecule has 6 nitrogen and oxygen atoms in total. The lowest BCUT2D eigenvalue weighted by Crippen LogP contribution is -2.21. The van der Waals surface area contributed by atoms with Gasteiger partial charge in [-0.3, -0.25) is 9.78 Å². The summed E-state index contributed by atoms with van der Waals surface area (Å²) in [5.41, 5.74) is 5.99. The van der Waals surface area contributed by atoms with Gasteiger partial charge in [-0.2, -0.15) is 4.98 Å². The van der Waals surface area contributed by atoms with Crippen LogP contribution in [0.5, 0.6) is 0 Å². The van der Waals surface area contributed by atoms with Crippen molar-refractivity contribution in [2.45, 2.75) is 6.92 Å². The molecule has 17 heavy (non-hydrogen) atoms. The second kappa shape index (κ2) is 3.85. The van der Waals surface area contributed by atoms with Crippen LogP contribution >= 0.6 is 11.3 Å². The van der Waals surface area contributed by atoms with Gasteiger partial charge >= 0.3 is 5.69 Å². The van der Waals surface area contributed by atoms with Crippen LogP contribution < -0.4 is 11.4 Å². The second-order valence-corrected chi connectivity index (χ2v) is 4.89. The molecule has 0 aliphatic carbocycles. The molecule has 90 valence electrons. The van der Waals surface area contributed by atoms with Crippen LogP contribution in [0.2, 0.25) is 0 Å². The van der Waals surface area contributed by atoms with Crippen molar-refractivity contribution in [3.05, 3.63) is 20.9 Å². The van der Waals surface area contributed by atoms with Crippen LogP contribution in [0.25, 0.3) is 10.2 Å². The lowest BCUT2D eigenvalue weighted by atomic mass is 10.2. The average molecular weight is 252 g/mol. The largest absolute Gasteiger partial charge is 0.385 e. The summed E-state index contributed by atoms with van der Waals surface area (Å²) in [4.78, 5) is 31.9. The first kappa shape index (κ1) is 11.6. The summed E-state index contributed by atoms with van der Waals surface area (Å²) in [6.45, 7) is 1.80. The van der Waals surface area contributed by atoms with Crippen LogP contribution in [0.3, 0.4) is 0 Å². The SMILES string of the molecule is Cc1c(C(=O)N(C)C)sc2nc(=O)[nH]c(N)c12. The van der Waals surface area contributed by atoms with Gasteiger partial charge in [-0.1, -0.05) is 0 Å². The molecule has 0 atom stereocenters. The minimum Gasteiger partial charge on any atom is -0.385 e. The highest BCUT2D eigenvalue weighted by molar-refractivity contribution is 7.20. The monoisotopic (exact) mass is 252 g/mol. The van der Waals surface area contributed by atoms with E-state index in [-0.39, 0.29) is 11.7 Å². The molecule has 0 spiro atoms. The number of H-pyrrole nitrogens is 1. The zero-order valence-corrected chi connectivity index (χ0v) is 10.5. The van der Waals surface area contributed by atoms with Gasteiger partial charge in [0.1, 0.15) is 10.6 Å². The molecule has 1 amide bonds. The van der Waals surface area contributed by atoms with E-state index in [1.165, 1.54) is 16.2 Å². The van der Waals surface area contributed by atoms with Crippen LogP contribution in [0.1, 0.15) is 15.2 Å². The highest BCUT2D eigenvalue weighted by Gasteiger charge is 2.19. The van der Waals surface area contributed by atoms with E-state index in [0.717, 1.165) is 5.56 Å². The maximum absolute atomic E-state index is 11.9. The third kappa shape index (κ3) is 1.78. The Kier molecular flexibility index (Phi) is 2.62. The van der Waals surface area contributed by atoms with Gasteiger partial charge < -0.3 is 10.6 Å². The van der Waals surface area contributed by atoms with E-state index in [4.69, 9.17) is 5.73 Å². The van der Waals surface area contributed by atoms with Gasteiger partial charge in [0.15, 0.2) is 0 Å². The van der Waals surface area contributed by atoms with Gasteiger partial charge in [-0.05, 0) is 12.5 Å². The Morgan fingerprint density at radius 1 is 1.47 bits per heavy atom. The maximum atomic E-state index is 11.9. The second-order valence-electron chi connectivity index (χ2n) is 3.89. The first-order chi connectivity index (χ1) is 7.91. The molecule has 0 radical (unpaired) electrons. The van der Waals surface area contributed by atoms with E-state index >= 15 is 0 Å². The summed E-state index contributed by atoms with van der Waals surface area (Å²) in [5.74, 6) is 0.143. The van der Waals surface area contributed by atoms with E-state index in [1.807, 2.05) is 0 Å². The van der Waals surface area contributed by atoms with Crippen molar-refractivity contribution in [1.82, 2.24) is 14.9 Å². The Labute approximate surface area is 101 Å². The van der Waals surface area contributed by atoms with Crippen LogP contribution in [0.4, 0.5) is 5.82 Å². The molecule has 2 aromatic heterocycles. The van der Waals surface area contributed by atoms with E-state index in [9.17, 15) is 9.59 Å². The smallest absolute Gasteiger partial charge is 0.347 e. The van der Waals surface area contributed by atoms with E-state index in [1.54, 1.807) is 21.0 Å². The first-order valence-corrected chi connectivity index (χ1v) is 5.74. The number of nitrogens with zero attached hydrogens (tertiary/aromatic N) is 2. The zero-order chi connectivity index (χ0) is 12.7. The number of hydrogen-bond acceptors (Lipinski definition) is 5. The van der Waals surface area contributed by atoms with Crippen molar-refractivity contribution < 1.29 is 4.79 Å². The van der Waals surface area contributed by atoms with Gasteiger partial charge in [0, 0.05) is 14.1 Å². The molecule has 7 heteroatoms. The van der Waals surface area contributed by atoms with Crippen molar-refractivity contribution in [3.63, 3.8) is 0 Å². The number of anilines is 1. The molecule has 0 aliphatic rings. The number of hydrogen-bond donors (Lipinski definition) is 2. The van der Waals surface area contributed by atoms with Crippen molar-refractivity contribution in [3.8, 4) is 0 Å². The number of thiophene rings is 1. The maximum Gasteiger partial charge on any atom is 0.347 e. The Bertz CT molecular complexity index is 656. The number of nitrogens with two attached hydrogens (primary N) is 1. The normalized spacial score (nSPS) is 10.8. The Hall–Kier alpha value is -1.89. The predicted octanol–water partition coefficient (Wildman–Crippen LogP) is 0.577. The van der Waals surface area contributed by atoms with Gasteiger partial charge in [-0.15, -0.1) is 11.3 Å². The number of nitrogens with one attached hydrogen (secondary N) is 1. The van der Waals surface area contributed by atoms with Crippen LogP contribution in [0, 0.1) is 6.92 Å². The lowest BCUT2D eigenvalue weighted by molar-refractivity contribution is 0.0831. The Morgan fingerprint density at radius 2 is 2.12 bits per heavy atom. The quantitative estimate of drug-likeness (QED) is 0.776. The lowest BCUT2D eigenvalue weighted by Gasteiger charge is -2.08. The van der Waals surface area contributed by atoms with Crippen LogP contribution in [-0.2, 0) is 0 Å². The summed E-state index contributed by atoms with van der Waals surface area (Å²) in [5, 5.41) is 0.653. The fraction of sp³-hybridized carbons (Fsp3) is 0.300. The van der Waals surface area contributed by atoms with Gasteiger partial charge in [0.25, 0.3) is 5.91 Å². The highest BCUT2D eigenvalue weighted by atomic mass is 32.1. The summed E-state index contributed by atoms with van der Waals surface area (Å²) in [6, 6.07) is 0. The summed E-state index contributed by atoms with van der Waals surface area (Å²) in [6.07, 6.45) is 0. The molecule has 0 bridgehead atoms. The topological polar surface area (TPSA) is 92.1 Å². The average Bonchev–Trinajstić information content (AvgIpc) is 2.54. The number of aromatic amines is 1. The molecule has 0 unspecified atom stereocenters. The van der Waals surface area contributed by atoms with Gasteiger partial charge in [0.05, 0.1) is 10.3 Å². The molecular weight excluding hydrogens is 240 g/mol. The molecule has 0 aliphatic heterocycles. The summed E-state index contributed by atoms with van der Waals surface area (Å²) >= 11 is 1.19. The number of carbonyl (C=O) groups excluding carboxylic acids is 1. The predicted molar refractivity (Wildman–Crippen MR) is 67.4 cm³/mol. The molecular formula is C10H12N4O2S. The molecule has 2 aromatic rings. The molecule has 0 saturated heterocycles. The molecule has 2 rings (SSSR count). The summed E-state index contributed by atoms with van der Waals surface area (Å²) in [7, 11) is 3.35. The van der Waals surface area contributed by atoms with E-state index in [0.29, 0.717) is 15.1 Å². The van der Waals surface area contributed by atoms with Crippen molar-refractivity contribution in [2.24, 2.45) is 0 Å². The Balaban J connectivity index is 2.77. The highest BCUT2D eigenvalue weighted by Crippen LogP contribution is 2.31. The number of amides is 1. The first-order valence-electron chi connectivity index (χ1n) is 4.92. The van der Waals surface area contributed by atoms with Crippen molar-refractivity contribution >= 4 is 33.3 Å². The number of nitrogen functional groups attached to an aromatic ring is 1. The molecule has 0 fully saturated rings. The molecule has 3 N–H and O–H groups in total. The van der Waals surface area contributed by atoms with Crippen molar-refractivity contribution in [1.29, 1.82) is 0 Å². The molecule has 2 heterocycles. The van der Waals surface area contributed by atoms with Gasteiger partial charge in [0.2, 0.25) is 0 Å². The molecule has 0 aromatic carbocycles. The third-order valence-corrected chi connectivity index (χ3v) is 3.62. The standard InChI is InChI=1S/C10H12N4O2S/c1-4-5-7(11)12-10(16)13-8(5)17-6(4)9(15)14(2)3/h1-3H3,(H3,11,12,13,16). The molecule has 0 saturated carbocycles. The fourth-order valence-electron chi connectivity index (χ4n) is 1.60. The van der Waals surface area contributed by atoms with E-state index in [2.05, 4.69) is 9.97 Å². The van der Waals surface area contributed by atoms with Crippen molar-refractivity contribution in [2.75, 3.05) is 19.8 Å². The number of aryl methyl sites for hydroxylation is 1. The Morgan fingerprint density at radius 3 is 2.71 bits per heavy atom. The third-order valence-electron chi connectivity index (χ3n) is 2.44. The number of aromatic nitrogens is 2. The van der Waals surface area contributed by atoms with Crippen LogP contribution in [-0.4, -0.2) is 34.9 Å². The zero-order valence-electron chi connectivity index (χ0n) is 9.70. The minimum atomic E-state index is -0.500.